The predicted octanol–water partition coefficient (Wildman–Crippen LogP) is 4.34. The van der Waals surface area contributed by atoms with E-state index in [1.807, 2.05) is 30.3 Å². The number of hydrogen-bond donors (Lipinski definition) is 2. The Bertz CT molecular complexity index is 1350. The van der Waals surface area contributed by atoms with Crippen LogP contribution < -0.4 is 10.7 Å². The predicted molar refractivity (Wildman–Crippen MR) is 142 cm³/mol. The highest BCUT2D eigenvalue weighted by molar-refractivity contribution is 7.89. The van der Waals surface area contributed by atoms with E-state index in [9.17, 15) is 18.0 Å². The summed E-state index contributed by atoms with van der Waals surface area (Å²) in [6.45, 7) is 0.970. The van der Waals surface area contributed by atoms with Crippen molar-refractivity contribution in [2.24, 2.45) is 5.10 Å². The van der Waals surface area contributed by atoms with Crippen LogP contribution in [0.25, 0.3) is 0 Å². The third kappa shape index (κ3) is 7.63. The minimum Gasteiger partial charge on any atom is -0.326 e. The summed E-state index contributed by atoms with van der Waals surface area (Å²) in [5.41, 5.74) is 4.22. The summed E-state index contributed by atoms with van der Waals surface area (Å²) in [6.07, 6.45) is 1.73. The van der Waals surface area contributed by atoms with Gasteiger partial charge >= 0.3 is 0 Å². The molecule has 0 atom stereocenters. The normalized spacial score (nSPS) is 11.6. The molecule has 0 radical (unpaired) electrons. The maximum absolute atomic E-state index is 13.4. The van der Waals surface area contributed by atoms with Crippen molar-refractivity contribution in [2.75, 3.05) is 18.4 Å². The van der Waals surface area contributed by atoms with Crippen molar-refractivity contribution in [2.45, 2.75) is 18.2 Å². The van der Waals surface area contributed by atoms with E-state index in [0.29, 0.717) is 22.7 Å². The first-order valence-electron chi connectivity index (χ1n) is 10.8. The van der Waals surface area contributed by atoms with Crippen LogP contribution in [0.2, 0.25) is 10.0 Å². The van der Waals surface area contributed by atoms with E-state index in [2.05, 4.69) is 15.8 Å². The number of hydrazone groups is 1. The molecular formula is C25H24Cl2N4O4S. The van der Waals surface area contributed by atoms with Gasteiger partial charge in [-0.2, -0.15) is 9.41 Å². The van der Waals surface area contributed by atoms with E-state index in [1.165, 1.54) is 37.4 Å². The summed E-state index contributed by atoms with van der Waals surface area (Å²) in [4.78, 5) is 23.9. The first-order valence-corrected chi connectivity index (χ1v) is 13.0. The first-order chi connectivity index (χ1) is 17.2. The zero-order valence-corrected chi connectivity index (χ0v) is 21.6. The van der Waals surface area contributed by atoms with Gasteiger partial charge in [0.25, 0.3) is 5.91 Å². The molecular weight excluding hydrogens is 523 g/mol. The number of halogens is 2. The Labute approximate surface area is 220 Å². The van der Waals surface area contributed by atoms with Crippen molar-refractivity contribution in [3.63, 3.8) is 0 Å². The highest BCUT2D eigenvalue weighted by Crippen LogP contribution is 2.24. The van der Waals surface area contributed by atoms with Crippen LogP contribution in [-0.2, 0) is 26.0 Å². The van der Waals surface area contributed by atoms with Crippen LogP contribution >= 0.6 is 23.2 Å². The second kappa shape index (κ2) is 12.6. The molecule has 0 aromatic heterocycles. The van der Waals surface area contributed by atoms with Crippen LogP contribution in [0.1, 0.15) is 18.1 Å². The number of sulfonamides is 1. The van der Waals surface area contributed by atoms with Crippen LogP contribution in [0, 0.1) is 0 Å². The fraction of sp³-hybridized carbons (Fsp3) is 0.160. The summed E-state index contributed by atoms with van der Waals surface area (Å²) < 4.78 is 27.9. The van der Waals surface area contributed by atoms with Crippen molar-refractivity contribution in [3.8, 4) is 0 Å². The van der Waals surface area contributed by atoms with Crippen LogP contribution in [0.4, 0.5) is 5.69 Å². The van der Waals surface area contributed by atoms with E-state index in [-0.39, 0.29) is 22.4 Å². The maximum atomic E-state index is 13.4. The molecule has 11 heteroatoms. The Morgan fingerprint density at radius 1 is 0.972 bits per heavy atom. The second-order valence-electron chi connectivity index (χ2n) is 7.72. The van der Waals surface area contributed by atoms with Gasteiger partial charge in [0.05, 0.1) is 27.7 Å². The Balaban J connectivity index is 1.77. The van der Waals surface area contributed by atoms with Gasteiger partial charge in [0.15, 0.2) is 0 Å². The molecule has 0 fully saturated rings. The molecule has 0 unspecified atom stereocenters. The number of nitrogens with one attached hydrogen (secondary N) is 2. The van der Waals surface area contributed by atoms with E-state index in [0.717, 1.165) is 9.87 Å². The molecule has 0 aliphatic heterocycles. The quantitative estimate of drug-likeness (QED) is 0.291. The SMILES string of the molecule is CC(=O)Nc1ccc(S(=O)(=O)N(CCc2ccccc2)CC(=O)NN=Cc2cccc(Cl)c2Cl)cc1. The molecule has 0 heterocycles. The van der Waals surface area contributed by atoms with Crippen molar-refractivity contribution in [1.82, 2.24) is 9.73 Å². The molecule has 3 aromatic rings. The molecule has 188 valence electrons. The topological polar surface area (TPSA) is 108 Å². The average molecular weight is 547 g/mol. The fourth-order valence-electron chi connectivity index (χ4n) is 3.23. The molecule has 3 aromatic carbocycles. The van der Waals surface area contributed by atoms with Gasteiger partial charge in [-0.15, -0.1) is 0 Å². The Morgan fingerprint density at radius 3 is 2.33 bits per heavy atom. The number of hydrogen-bond acceptors (Lipinski definition) is 5. The highest BCUT2D eigenvalue weighted by Gasteiger charge is 2.26. The molecule has 0 aliphatic rings. The van der Waals surface area contributed by atoms with Gasteiger partial charge in [0, 0.05) is 24.7 Å². The number of carbonyl (C=O) groups is 2. The maximum Gasteiger partial charge on any atom is 0.255 e. The summed E-state index contributed by atoms with van der Waals surface area (Å²) in [5, 5.41) is 7.10. The molecule has 2 N–H and O–H groups in total. The molecule has 2 amide bonds. The largest absolute Gasteiger partial charge is 0.326 e. The minimum atomic E-state index is -4.03. The fourth-order valence-corrected chi connectivity index (χ4v) is 4.99. The molecule has 0 saturated carbocycles. The lowest BCUT2D eigenvalue weighted by molar-refractivity contribution is -0.121. The Kier molecular flexibility index (Phi) is 9.60. The third-order valence-corrected chi connectivity index (χ3v) is 7.69. The third-order valence-electron chi connectivity index (χ3n) is 5.00. The summed E-state index contributed by atoms with van der Waals surface area (Å²) in [5.74, 6) is -0.901. The molecule has 3 rings (SSSR count). The van der Waals surface area contributed by atoms with E-state index in [1.54, 1.807) is 18.2 Å². The average Bonchev–Trinajstić information content (AvgIpc) is 2.85. The van der Waals surface area contributed by atoms with Gasteiger partial charge in [-0.1, -0.05) is 65.7 Å². The summed E-state index contributed by atoms with van der Waals surface area (Å²) >= 11 is 12.1. The van der Waals surface area contributed by atoms with Gasteiger partial charge in [-0.3, -0.25) is 9.59 Å². The van der Waals surface area contributed by atoms with Crippen molar-refractivity contribution in [1.29, 1.82) is 0 Å². The standard InChI is InChI=1S/C25H24Cl2N4O4S/c1-18(32)29-21-10-12-22(13-11-21)36(34,35)31(15-14-19-6-3-2-4-7-19)17-24(33)30-28-16-20-8-5-9-23(26)25(20)27/h2-13,16H,14-15,17H2,1H3,(H,29,32)(H,30,33). The number of nitrogens with zero attached hydrogens (tertiary/aromatic N) is 2. The van der Waals surface area contributed by atoms with Crippen molar-refractivity contribution >= 4 is 56.9 Å². The lowest BCUT2D eigenvalue weighted by Crippen LogP contribution is -2.40. The zero-order chi connectivity index (χ0) is 26.1. The Morgan fingerprint density at radius 2 is 1.67 bits per heavy atom. The molecule has 0 spiro atoms. The van der Waals surface area contributed by atoms with E-state index in [4.69, 9.17) is 23.2 Å². The van der Waals surface area contributed by atoms with Gasteiger partial charge in [0.1, 0.15) is 0 Å². The van der Waals surface area contributed by atoms with Gasteiger partial charge in [-0.25, -0.2) is 13.8 Å². The summed E-state index contributed by atoms with van der Waals surface area (Å²) in [6, 6.07) is 20.1. The van der Waals surface area contributed by atoms with Crippen LogP contribution in [0.3, 0.4) is 0 Å². The molecule has 36 heavy (non-hydrogen) atoms. The van der Waals surface area contributed by atoms with E-state index < -0.39 is 22.5 Å². The number of rotatable bonds is 10. The van der Waals surface area contributed by atoms with Crippen LogP contribution in [0.15, 0.2) is 82.8 Å². The van der Waals surface area contributed by atoms with E-state index >= 15 is 0 Å². The molecule has 0 saturated heterocycles. The second-order valence-corrected chi connectivity index (χ2v) is 10.4. The summed E-state index contributed by atoms with van der Waals surface area (Å²) in [7, 11) is -4.03. The molecule has 0 aliphatic carbocycles. The number of amides is 2. The van der Waals surface area contributed by atoms with Crippen LogP contribution in [-0.4, -0.2) is 43.8 Å². The van der Waals surface area contributed by atoms with Gasteiger partial charge < -0.3 is 5.32 Å². The lowest BCUT2D eigenvalue weighted by atomic mass is 10.1. The van der Waals surface area contributed by atoms with Gasteiger partial charge in [0.2, 0.25) is 15.9 Å². The lowest BCUT2D eigenvalue weighted by Gasteiger charge is -2.21. The number of anilines is 1. The number of benzene rings is 3. The van der Waals surface area contributed by atoms with Gasteiger partial charge in [-0.05, 0) is 42.3 Å². The van der Waals surface area contributed by atoms with Crippen molar-refractivity contribution in [3.05, 3.63) is 94.0 Å². The molecule has 8 nitrogen and oxygen atoms in total. The Hall–Kier alpha value is -3.24. The monoisotopic (exact) mass is 546 g/mol. The number of carbonyl (C=O) groups excluding carboxylic acids is 2. The van der Waals surface area contributed by atoms with Crippen LogP contribution in [0.5, 0.6) is 0 Å². The zero-order valence-electron chi connectivity index (χ0n) is 19.3. The smallest absolute Gasteiger partial charge is 0.255 e. The molecule has 0 bridgehead atoms. The first kappa shape index (κ1) is 27.3. The minimum absolute atomic E-state index is 0.00771. The highest BCUT2D eigenvalue weighted by atomic mass is 35.5. The van der Waals surface area contributed by atoms with Crippen molar-refractivity contribution < 1.29 is 18.0 Å².